The van der Waals surface area contributed by atoms with Gasteiger partial charge in [-0.2, -0.15) is 0 Å². The number of hydrogen-bond donors (Lipinski definition) is 1. The Labute approximate surface area is 71.1 Å². The zero-order valence-electron chi connectivity index (χ0n) is 4.91. The van der Waals surface area contributed by atoms with Crippen molar-refractivity contribution in [3.05, 3.63) is 6.92 Å². The summed E-state index contributed by atoms with van der Waals surface area (Å²) in [6, 6.07) is 0. The fourth-order valence-corrected chi connectivity index (χ4v) is 0.302. The second kappa shape index (κ2) is 10.1. The molecule has 0 amide bonds. The first-order valence-electron chi connectivity index (χ1n) is 2.41. The summed E-state index contributed by atoms with van der Waals surface area (Å²) < 4.78 is 0. The van der Waals surface area contributed by atoms with Gasteiger partial charge in [-0.15, -0.1) is 6.54 Å². The molecule has 0 saturated carbocycles. The molecule has 0 unspecified atom stereocenters. The van der Waals surface area contributed by atoms with Crippen LogP contribution in [0.15, 0.2) is 0 Å². The van der Waals surface area contributed by atoms with Crippen LogP contribution in [0.3, 0.4) is 0 Å². The van der Waals surface area contributed by atoms with Gasteiger partial charge in [0.25, 0.3) is 0 Å². The van der Waals surface area contributed by atoms with Gasteiger partial charge in [-0.1, -0.05) is 6.92 Å². The van der Waals surface area contributed by atoms with Gasteiger partial charge in [0, 0.05) is 32.7 Å². The molecule has 0 aromatic rings. The van der Waals surface area contributed by atoms with Gasteiger partial charge in [0.2, 0.25) is 0 Å². The van der Waals surface area contributed by atoms with Crippen molar-refractivity contribution in [3.63, 3.8) is 0 Å². The van der Waals surface area contributed by atoms with Gasteiger partial charge >= 0.3 is 0 Å². The van der Waals surface area contributed by atoms with Gasteiger partial charge in [0.05, 0.1) is 0 Å². The molecule has 0 aliphatic heterocycles. The van der Waals surface area contributed by atoms with E-state index in [1.54, 1.807) is 0 Å². The van der Waals surface area contributed by atoms with E-state index in [4.69, 9.17) is 0 Å². The molecule has 1 radical (unpaired) electrons. The minimum Gasteiger partial charge on any atom is -0.346 e. The molecule has 0 saturated heterocycles. The van der Waals surface area contributed by atoms with Gasteiger partial charge < -0.3 is 12.2 Å². The average Bonchev–Trinajstić information content (AvgIpc) is 1.61. The Hall–Kier alpha value is 1.06. The Morgan fingerprint density at radius 3 is 2.29 bits per heavy atom. The maximum atomic E-state index is 3.61. The smallest absolute Gasteiger partial charge is 0 e. The molecule has 0 aromatic carbocycles. The van der Waals surface area contributed by atoms with Crippen LogP contribution in [-0.4, -0.2) is 13.1 Å². The third-order valence-electron chi connectivity index (χ3n) is 0.604. The van der Waals surface area contributed by atoms with Crippen LogP contribution in [0.25, 0.3) is 0 Å². The van der Waals surface area contributed by atoms with E-state index in [1.807, 2.05) is 0 Å². The van der Waals surface area contributed by atoms with Crippen molar-refractivity contribution < 1.29 is 32.7 Å². The third-order valence-corrected chi connectivity index (χ3v) is 0.604. The topological polar surface area (TPSA) is 12.0 Å². The normalized spacial score (nSPS) is 7.71. The van der Waals surface area contributed by atoms with E-state index in [2.05, 4.69) is 19.2 Å². The third kappa shape index (κ3) is 11.0. The number of rotatable bonds is 3. The summed E-state index contributed by atoms with van der Waals surface area (Å²) >= 11 is 0. The molecule has 7 heavy (non-hydrogen) atoms. The Morgan fingerprint density at radius 2 is 2.14 bits per heavy atom. The summed E-state index contributed by atoms with van der Waals surface area (Å²) in [4.78, 5) is 0. The van der Waals surface area contributed by atoms with E-state index in [-0.39, 0.29) is 32.7 Å². The van der Waals surface area contributed by atoms with E-state index in [1.165, 1.54) is 6.42 Å². The molecule has 0 bridgehead atoms. The first-order chi connectivity index (χ1) is 2.91. The Kier molecular flexibility index (Phi) is 15.8. The number of hydrogen-bond acceptors (Lipinski definition) is 1. The van der Waals surface area contributed by atoms with Gasteiger partial charge in [-0.3, -0.25) is 0 Å². The molecule has 2 heteroatoms. The molecule has 1 nitrogen and oxygen atoms in total. The van der Waals surface area contributed by atoms with Crippen LogP contribution in [0.5, 0.6) is 0 Å². The summed E-state index contributed by atoms with van der Waals surface area (Å²) in [6.45, 7) is 7.71. The predicted molar refractivity (Wildman–Crippen MR) is 28.5 cm³/mol. The molecule has 0 aliphatic rings. The number of nitrogens with one attached hydrogen (secondary N) is 1. The molecule has 0 heterocycles. The molecule has 0 spiro atoms. The van der Waals surface area contributed by atoms with Crippen LogP contribution in [0.2, 0.25) is 0 Å². The first-order valence-corrected chi connectivity index (χ1v) is 2.41. The van der Waals surface area contributed by atoms with E-state index < -0.39 is 0 Å². The maximum Gasteiger partial charge on any atom is 0 e. The standard InChI is InChI=1S/C5H12N.Y/c1-3-5-6-4-2;/h6H,2-5H2,1H3;/q-1;. The Morgan fingerprint density at radius 1 is 1.57 bits per heavy atom. The van der Waals surface area contributed by atoms with Crippen LogP contribution in [0.4, 0.5) is 0 Å². The molecule has 1 N–H and O–H groups in total. The van der Waals surface area contributed by atoms with Crippen LogP contribution < -0.4 is 5.32 Å². The SMILES string of the molecule is [CH2-]CNCCC.[Y]. The summed E-state index contributed by atoms with van der Waals surface area (Å²) in [7, 11) is 0. The first kappa shape index (κ1) is 10.9. The van der Waals surface area contributed by atoms with Gasteiger partial charge in [0.1, 0.15) is 0 Å². The minimum atomic E-state index is 0. The fourth-order valence-electron chi connectivity index (χ4n) is 0.302. The maximum absolute atomic E-state index is 3.61. The van der Waals surface area contributed by atoms with Crippen molar-refractivity contribution in [2.75, 3.05) is 13.1 Å². The minimum absolute atomic E-state index is 0. The Balaban J connectivity index is 0. The molecular weight excluding hydrogens is 163 g/mol. The Bertz CT molecular complexity index is 20.0. The molecule has 0 fully saturated rings. The van der Waals surface area contributed by atoms with Crippen molar-refractivity contribution in [1.82, 2.24) is 5.32 Å². The largest absolute Gasteiger partial charge is 0.346 e. The summed E-state index contributed by atoms with van der Waals surface area (Å²) in [5.74, 6) is 0. The second-order valence-corrected chi connectivity index (χ2v) is 1.25. The van der Waals surface area contributed by atoms with E-state index in [9.17, 15) is 0 Å². The van der Waals surface area contributed by atoms with Crippen LogP contribution in [0.1, 0.15) is 13.3 Å². The zero-order chi connectivity index (χ0) is 4.83. The van der Waals surface area contributed by atoms with Gasteiger partial charge in [-0.05, 0) is 13.0 Å². The van der Waals surface area contributed by atoms with Crippen LogP contribution >= 0.6 is 0 Å². The second-order valence-electron chi connectivity index (χ2n) is 1.25. The molecule has 41 valence electrons. The summed E-state index contributed by atoms with van der Waals surface area (Å²) in [5.41, 5.74) is 0. The monoisotopic (exact) mass is 175 g/mol. The molecule has 0 rings (SSSR count). The van der Waals surface area contributed by atoms with E-state index >= 15 is 0 Å². The summed E-state index contributed by atoms with van der Waals surface area (Å²) in [5, 5.41) is 3.09. The van der Waals surface area contributed by atoms with Crippen molar-refractivity contribution in [1.29, 1.82) is 0 Å². The van der Waals surface area contributed by atoms with Crippen molar-refractivity contribution in [2.24, 2.45) is 0 Å². The average molecular weight is 175 g/mol. The van der Waals surface area contributed by atoms with Gasteiger partial charge in [-0.25, -0.2) is 0 Å². The van der Waals surface area contributed by atoms with E-state index in [0.29, 0.717) is 0 Å². The summed E-state index contributed by atoms with van der Waals surface area (Å²) in [6.07, 6.45) is 1.20. The quantitative estimate of drug-likeness (QED) is 0.494. The van der Waals surface area contributed by atoms with Crippen molar-refractivity contribution >= 4 is 0 Å². The molecule has 0 aromatic heterocycles. The fraction of sp³-hybridized carbons (Fsp3) is 0.800. The van der Waals surface area contributed by atoms with Crippen molar-refractivity contribution in [3.8, 4) is 0 Å². The van der Waals surface area contributed by atoms with Gasteiger partial charge in [0.15, 0.2) is 0 Å². The molecule has 0 atom stereocenters. The van der Waals surface area contributed by atoms with Crippen molar-refractivity contribution in [2.45, 2.75) is 13.3 Å². The van der Waals surface area contributed by atoms with Crippen LogP contribution in [-0.2, 0) is 32.7 Å². The predicted octanol–water partition coefficient (Wildman–Crippen LogP) is 0.818. The molecule has 0 aliphatic carbocycles. The molecular formula is C5H12NY-. The van der Waals surface area contributed by atoms with Crippen LogP contribution in [0, 0.1) is 6.92 Å². The van der Waals surface area contributed by atoms with E-state index in [0.717, 1.165) is 13.1 Å². The zero-order valence-corrected chi connectivity index (χ0v) is 7.74.